The van der Waals surface area contributed by atoms with Crippen LogP contribution in [0.25, 0.3) is 0 Å². The normalized spacial score (nSPS) is 12.0. The van der Waals surface area contributed by atoms with Gasteiger partial charge in [-0.25, -0.2) is 8.42 Å². The Morgan fingerprint density at radius 1 is 1.00 bits per heavy atom. The first-order valence-corrected chi connectivity index (χ1v) is 12.7. The molecule has 3 aromatic rings. The predicted molar refractivity (Wildman–Crippen MR) is 134 cm³/mol. The number of rotatable bonds is 9. The molecule has 0 spiro atoms. The van der Waals surface area contributed by atoms with Crippen molar-refractivity contribution in [3.05, 3.63) is 88.4 Å². The minimum Gasteiger partial charge on any atom is -0.493 e. The second-order valence-corrected chi connectivity index (χ2v) is 10.1. The summed E-state index contributed by atoms with van der Waals surface area (Å²) in [6.07, 6.45) is 1.10. The van der Waals surface area contributed by atoms with E-state index in [1.54, 1.807) is 12.1 Å². The zero-order valence-corrected chi connectivity index (χ0v) is 21.0. The molecule has 0 radical (unpaired) electrons. The number of carbonyl (C=O) groups is 1. The molecule has 0 aliphatic rings. The van der Waals surface area contributed by atoms with Gasteiger partial charge in [0.05, 0.1) is 44.3 Å². The summed E-state index contributed by atoms with van der Waals surface area (Å²) in [4.78, 5) is 13.4. The summed E-state index contributed by atoms with van der Waals surface area (Å²) < 4.78 is 37.7. The van der Waals surface area contributed by atoms with Crippen molar-refractivity contribution in [1.29, 1.82) is 0 Å². The molecule has 34 heavy (non-hydrogen) atoms. The van der Waals surface area contributed by atoms with Gasteiger partial charge in [-0.05, 0) is 36.2 Å². The van der Waals surface area contributed by atoms with E-state index in [9.17, 15) is 13.2 Å². The average Bonchev–Trinajstić information content (AvgIpc) is 2.82. The van der Waals surface area contributed by atoms with Gasteiger partial charge in [0.15, 0.2) is 11.5 Å². The Bertz CT molecular complexity index is 1250. The fraction of sp³-hybridized carbons (Fsp3) is 0.240. The summed E-state index contributed by atoms with van der Waals surface area (Å²) in [5, 5.41) is 3.52. The molecular weight excluding hydrogens is 476 g/mol. The van der Waals surface area contributed by atoms with Gasteiger partial charge in [-0.15, -0.1) is 0 Å². The van der Waals surface area contributed by atoms with E-state index in [2.05, 4.69) is 5.32 Å². The summed E-state index contributed by atoms with van der Waals surface area (Å²) in [5.41, 5.74) is 1.94. The van der Waals surface area contributed by atoms with Crippen molar-refractivity contribution >= 4 is 33.2 Å². The Morgan fingerprint density at radius 3 is 2.15 bits per heavy atom. The third-order valence-electron chi connectivity index (χ3n) is 5.30. The Morgan fingerprint density at radius 2 is 1.59 bits per heavy atom. The second-order valence-electron chi connectivity index (χ2n) is 7.73. The molecule has 0 saturated carbocycles. The Labute approximate surface area is 205 Å². The fourth-order valence-corrected chi connectivity index (χ4v) is 4.51. The van der Waals surface area contributed by atoms with Crippen LogP contribution in [0.4, 0.5) is 5.69 Å². The topological polar surface area (TPSA) is 84.9 Å². The predicted octanol–water partition coefficient (Wildman–Crippen LogP) is 4.81. The Hall–Kier alpha value is -3.23. The first-order valence-electron chi connectivity index (χ1n) is 10.5. The molecule has 1 N–H and O–H groups in total. The zero-order valence-electron chi connectivity index (χ0n) is 19.4. The number of hydrogen-bond acceptors (Lipinski definition) is 5. The fourth-order valence-electron chi connectivity index (χ4n) is 3.50. The third-order valence-corrected chi connectivity index (χ3v) is 6.68. The van der Waals surface area contributed by atoms with Gasteiger partial charge in [0.2, 0.25) is 10.0 Å². The van der Waals surface area contributed by atoms with E-state index in [0.717, 1.165) is 17.4 Å². The third kappa shape index (κ3) is 6.01. The van der Waals surface area contributed by atoms with Crippen LogP contribution >= 0.6 is 11.6 Å². The van der Waals surface area contributed by atoms with E-state index in [4.69, 9.17) is 21.1 Å². The number of amides is 1. The monoisotopic (exact) mass is 502 g/mol. The lowest BCUT2D eigenvalue weighted by atomic mass is 10.1. The van der Waals surface area contributed by atoms with Crippen LogP contribution in [0.3, 0.4) is 0 Å². The van der Waals surface area contributed by atoms with Crippen molar-refractivity contribution in [1.82, 2.24) is 5.32 Å². The summed E-state index contributed by atoms with van der Waals surface area (Å²) in [6, 6.07) is 18.9. The molecule has 0 bridgehead atoms. The summed E-state index contributed by atoms with van der Waals surface area (Å²) >= 11 is 5.97. The van der Waals surface area contributed by atoms with Gasteiger partial charge in [0.25, 0.3) is 5.91 Å². The van der Waals surface area contributed by atoms with Gasteiger partial charge in [0.1, 0.15) is 0 Å². The molecule has 0 unspecified atom stereocenters. The SMILES string of the molecule is COc1cc(C(=O)N[C@@H](C)c2ccc(Cl)cc2)c(N(Cc2ccccc2)S(C)(=O)=O)cc1OC. The van der Waals surface area contributed by atoms with Gasteiger partial charge in [-0.3, -0.25) is 9.10 Å². The van der Waals surface area contributed by atoms with Crippen LogP contribution in [0.15, 0.2) is 66.7 Å². The van der Waals surface area contributed by atoms with Crippen molar-refractivity contribution in [2.75, 3.05) is 24.8 Å². The number of hydrogen-bond donors (Lipinski definition) is 1. The maximum atomic E-state index is 13.4. The molecule has 0 heterocycles. The number of methoxy groups -OCH3 is 2. The highest BCUT2D eigenvalue weighted by Crippen LogP contribution is 2.37. The van der Waals surface area contributed by atoms with Crippen LogP contribution in [-0.4, -0.2) is 34.8 Å². The van der Waals surface area contributed by atoms with Crippen molar-refractivity contribution in [2.24, 2.45) is 0 Å². The van der Waals surface area contributed by atoms with Crippen LogP contribution in [0.5, 0.6) is 11.5 Å². The van der Waals surface area contributed by atoms with Crippen molar-refractivity contribution in [3.63, 3.8) is 0 Å². The summed E-state index contributed by atoms with van der Waals surface area (Å²) in [5.74, 6) is 0.158. The zero-order chi connectivity index (χ0) is 24.9. The van der Waals surface area contributed by atoms with Crippen LogP contribution in [0, 0.1) is 0 Å². The number of anilines is 1. The van der Waals surface area contributed by atoms with Gasteiger partial charge < -0.3 is 14.8 Å². The quantitative estimate of drug-likeness (QED) is 0.453. The lowest BCUT2D eigenvalue weighted by Crippen LogP contribution is -2.33. The molecule has 1 amide bonds. The van der Waals surface area contributed by atoms with Crippen LogP contribution in [0.2, 0.25) is 5.02 Å². The molecule has 7 nitrogen and oxygen atoms in total. The first-order chi connectivity index (χ1) is 16.1. The molecule has 1 atom stereocenters. The van der Waals surface area contributed by atoms with E-state index in [1.165, 1.54) is 30.7 Å². The average molecular weight is 503 g/mol. The number of halogens is 1. The molecule has 180 valence electrons. The molecule has 3 rings (SSSR count). The smallest absolute Gasteiger partial charge is 0.254 e. The summed E-state index contributed by atoms with van der Waals surface area (Å²) in [7, 11) is -0.857. The second kappa shape index (κ2) is 10.8. The lowest BCUT2D eigenvalue weighted by Gasteiger charge is -2.26. The van der Waals surface area contributed by atoms with E-state index < -0.39 is 15.9 Å². The molecule has 9 heteroatoms. The molecular formula is C25H27ClN2O5S. The summed E-state index contributed by atoms with van der Waals surface area (Å²) in [6.45, 7) is 1.88. The molecule has 0 aromatic heterocycles. The van der Waals surface area contributed by atoms with Crippen molar-refractivity contribution in [2.45, 2.75) is 19.5 Å². The largest absolute Gasteiger partial charge is 0.493 e. The maximum Gasteiger partial charge on any atom is 0.254 e. The van der Waals surface area contributed by atoms with E-state index in [-0.39, 0.29) is 23.8 Å². The number of sulfonamides is 1. The standard InChI is InChI=1S/C25H27ClN2O5S/c1-17(19-10-12-20(26)13-11-19)27-25(29)21-14-23(32-2)24(33-3)15-22(21)28(34(4,30)31)16-18-8-6-5-7-9-18/h5-15,17H,16H2,1-4H3,(H,27,29)/t17-/m0/s1. The maximum absolute atomic E-state index is 13.4. The number of nitrogens with one attached hydrogen (secondary N) is 1. The molecule has 3 aromatic carbocycles. The number of ether oxygens (including phenoxy) is 2. The highest BCUT2D eigenvalue weighted by atomic mass is 35.5. The number of benzene rings is 3. The highest BCUT2D eigenvalue weighted by molar-refractivity contribution is 7.92. The number of nitrogens with zero attached hydrogens (tertiary/aromatic N) is 1. The van der Waals surface area contributed by atoms with Crippen LogP contribution in [0.1, 0.15) is 34.5 Å². The molecule has 0 fully saturated rings. The van der Waals surface area contributed by atoms with Gasteiger partial charge in [-0.1, -0.05) is 54.1 Å². The van der Waals surface area contributed by atoms with Crippen LogP contribution < -0.4 is 19.1 Å². The Kier molecular flexibility index (Phi) is 8.06. The van der Waals surface area contributed by atoms with E-state index >= 15 is 0 Å². The van der Waals surface area contributed by atoms with Gasteiger partial charge >= 0.3 is 0 Å². The highest BCUT2D eigenvalue weighted by Gasteiger charge is 2.27. The number of carbonyl (C=O) groups excluding carboxylic acids is 1. The Balaban J connectivity index is 2.07. The molecule has 0 aliphatic heterocycles. The van der Waals surface area contributed by atoms with Crippen molar-refractivity contribution in [3.8, 4) is 11.5 Å². The van der Waals surface area contributed by atoms with Gasteiger partial charge in [-0.2, -0.15) is 0 Å². The first kappa shape index (κ1) is 25.4. The minimum atomic E-state index is -3.76. The van der Waals surface area contributed by atoms with Gasteiger partial charge in [0, 0.05) is 11.1 Å². The minimum absolute atomic E-state index is 0.0438. The van der Waals surface area contributed by atoms with E-state index in [0.29, 0.717) is 16.5 Å². The van der Waals surface area contributed by atoms with Crippen molar-refractivity contribution < 1.29 is 22.7 Å². The molecule has 0 aliphatic carbocycles. The van der Waals surface area contributed by atoms with E-state index in [1.807, 2.05) is 49.4 Å². The molecule has 0 saturated heterocycles. The lowest BCUT2D eigenvalue weighted by molar-refractivity contribution is 0.0940. The van der Waals surface area contributed by atoms with Crippen LogP contribution in [-0.2, 0) is 16.6 Å².